The Kier molecular flexibility index (Phi) is 5.28. The smallest absolute Gasteiger partial charge is 0.204 e. The molecule has 0 bridgehead atoms. The van der Waals surface area contributed by atoms with Gasteiger partial charge in [0.25, 0.3) is 0 Å². The van der Waals surface area contributed by atoms with Crippen molar-refractivity contribution in [3.05, 3.63) is 0 Å². The number of hydrogen-bond donors (Lipinski definition) is 0. The molecule has 1 nitrogen and oxygen atoms in total. The maximum atomic E-state index is 5.86. The lowest BCUT2D eigenvalue weighted by atomic mass is 9.64. The summed E-state index contributed by atoms with van der Waals surface area (Å²) in [6, 6.07) is 0. The Hall–Kier alpha value is -0.263. The predicted molar refractivity (Wildman–Crippen MR) is 76.0 cm³/mol. The Morgan fingerprint density at radius 3 is 2.41 bits per heavy atom. The molecule has 0 aromatic carbocycles. The van der Waals surface area contributed by atoms with Crippen LogP contribution in [0, 0.1) is 35.5 Å². The molecule has 97 valence electrons. The Balaban J connectivity index is 2.58. The fourth-order valence-electron chi connectivity index (χ4n) is 2.85. The van der Waals surface area contributed by atoms with Crippen LogP contribution >= 0.6 is 0 Å². The third kappa shape index (κ3) is 4.48. The average molecular weight is 251 g/mol. The normalized spacial score (nSPS) is 30.3. The zero-order valence-corrected chi connectivity index (χ0v) is 13.0. The third-order valence-electron chi connectivity index (χ3n) is 3.89. The topological polar surface area (TPSA) is 9.23 Å². The van der Waals surface area contributed by atoms with E-state index >= 15 is 0 Å². The van der Waals surface area contributed by atoms with Crippen molar-refractivity contribution < 1.29 is 4.43 Å². The van der Waals surface area contributed by atoms with Crippen LogP contribution in [0.3, 0.4) is 0 Å². The van der Waals surface area contributed by atoms with E-state index in [1.54, 1.807) is 0 Å². The largest absolute Gasteiger partial charge is 0.417 e. The molecule has 3 unspecified atom stereocenters. The summed E-state index contributed by atoms with van der Waals surface area (Å²) in [6.45, 7) is 12.3. The third-order valence-corrected chi connectivity index (χ3v) is 4.64. The first-order valence-corrected chi connectivity index (χ1v) is 9.14. The van der Waals surface area contributed by atoms with Gasteiger partial charge in [-0.1, -0.05) is 20.8 Å². The van der Waals surface area contributed by atoms with Gasteiger partial charge >= 0.3 is 0 Å². The minimum Gasteiger partial charge on any atom is -0.417 e. The van der Waals surface area contributed by atoms with Crippen molar-refractivity contribution >= 4 is 9.04 Å². The van der Waals surface area contributed by atoms with Crippen LogP contribution in [-0.2, 0) is 4.43 Å². The van der Waals surface area contributed by atoms with Crippen molar-refractivity contribution in [3.63, 3.8) is 0 Å². The van der Waals surface area contributed by atoms with E-state index in [0.29, 0.717) is 17.3 Å². The highest BCUT2D eigenvalue weighted by Gasteiger charge is 2.36. The van der Waals surface area contributed by atoms with Crippen molar-refractivity contribution in [2.24, 2.45) is 23.2 Å². The first-order valence-electron chi connectivity index (χ1n) is 6.73. The van der Waals surface area contributed by atoms with Crippen molar-refractivity contribution in [3.8, 4) is 12.3 Å². The number of hydrogen-bond acceptors (Lipinski definition) is 1. The highest BCUT2D eigenvalue weighted by atomic mass is 28.3. The van der Waals surface area contributed by atoms with Gasteiger partial charge in [0.2, 0.25) is 9.04 Å². The Morgan fingerprint density at radius 1 is 1.29 bits per heavy atom. The molecule has 1 aliphatic carbocycles. The zero-order valence-electron chi connectivity index (χ0n) is 12.0. The van der Waals surface area contributed by atoms with Gasteiger partial charge in [0.15, 0.2) is 0 Å². The second-order valence-electron chi connectivity index (χ2n) is 6.64. The minimum absolute atomic E-state index is 0.321. The molecule has 1 fully saturated rings. The molecule has 1 saturated carbocycles. The van der Waals surface area contributed by atoms with Gasteiger partial charge in [-0.2, -0.15) is 0 Å². The first kappa shape index (κ1) is 14.8. The summed E-state index contributed by atoms with van der Waals surface area (Å²) in [5.74, 6) is 4.86. The molecule has 2 heteroatoms. The van der Waals surface area contributed by atoms with Crippen LogP contribution in [0.25, 0.3) is 0 Å². The van der Waals surface area contributed by atoms with E-state index in [-0.39, 0.29) is 0 Å². The molecule has 1 aliphatic rings. The van der Waals surface area contributed by atoms with Gasteiger partial charge < -0.3 is 4.43 Å². The van der Waals surface area contributed by atoms with Crippen molar-refractivity contribution in [2.75, 3.05) is 6.61 Å². The van der Waals surface area contributed by atoms with Gasteiger partial charge in [0.05, 0.1) is 0 Å². The summed E-state index contributed by atoms with van der Waals surface area (Å²) in [5.41, 5.74) is 0.321. The van der Waals surface area contributed by atoms with Gasteiger partial charge in [-0.05, 0) is 49.6 Å². The lowest BCUT2D eigenvalue weighted by Crippen LogP contribution is -2.35. The lowest BCUT2D eigenvalue weighted by Gasteiger charge is -2.41. The van der Waals surface area contributed by atoms with Gasteiger partial charge in [-0.3, -0.25) is 0 Å². The van der Waals surface area contributed by atoms with E-state index in [1.807, 2.05) is 0 Å². The van der Waals surface area contributed by atoms with Crippen molar-refractivity contribution in [1.82, 2.24) is 0 Å². The number of rotatable bonds is 3. The second kappa shape index (κ2) is 6.07. The maximum Gasteiger partial charge on any atom is 0.204 e. The molecule has 1 radical (unpaired) electrons. The van der Waals surface area contributed by atoms with Crippen LogP contribution in [0.15, 0.2) is 0 Å². The summed E-state index contributed by atoms with van der Waals surface area (Å²) in [7, 11) is -0.545. The molecule has 0 spiro atoms. The molecule has 0 heterocycles. The fraction of sp³-hybridized carbons (Fsp3) is 0.867. The summed E-state index contributed by atoms with van der Waals surface area (Å²) in [6.07, 6.45) is 9.35. The highest BCUT2D eigenvalue weighted by Crippen LogP contribution is 2.43. The second-order valence-corrected chi connectivity index (χ2v) is 8.75. The molecule has 0 aromatic heterocycles. The van der Waals surface area contributed by atoms with Crippen molar-refractivity contribution in [1.29, 1.82) is 0 Å². The average Bonchev–Trinajstić information content (AvgIpc) is 2.24. The molecule has 0 amide bonds. The Bertz CT molecular complexity index is 272. The molecule has 0 aromatic rings. The zero-order chi connectivity index (χ0) is 13.1. The predicted octanol–water partition coefficient (Wildman–Crippen LogP) is 3.97. The highest BCUT2D eigenvalue weighted by molar-refractivity contribution is 6.48. The van der Waals surface area contributed by atoms with E-state index in [1.165, 1.54) is 19.3 Å². The molecule has 17 heavy (non-hydrogen) atoms. The van der Waals surface area contributed by atoms with E-state index in [0.717, 1.165) is 12.5 Å². The molecular weight excluding hydrogens is 224 g/mol. The fourth-order valence-corrected chi connectivity index (χ4v) is 3.42. The summed E-state index contributed by atoms with van der Waals surface area (Å²) in [4.78, 5) is 0. The van der Waals surface area contributed by atoms with Gasteiger partial charge in [-0.15, -0.1) is 12.3 Å². The van der Waals surface area contributed by atoms with Crippen LogP contribution < -0.4 is 0 Å². The van der Waals surface area contributed by atoms with Gasteiger partial charge in [0.1, 0.15) is 0 Å². The van der Waals surface area contributed by atoms with Crippen LogP contribution in [-0.4, -0.2) is 15.6 Å². The van der Waals surface area contributed by atoms with Crippen molar-refractivity contribution in [2.45, 2.75) is 53.1 Å². The van der Waals surface area contributed by atoms with Gasteiger partial charge in [-0.25, -0.2) is 0 Å². The Morgan fingerprint density at radius 2 is 1.94 bits per heavy atom. The molecule has 0 N–H and O–H groups in total. The summed E-state index contributed by atoms with van der Waals surface area (Å²) >= 11 is 0. The SMILES string of the molecule is C#CC1CCC(CO[Si](C)C)CC1C(C)(C)C. The van der Waals surface area contributed by atoms with Crippen LogP contribution in [0.5, 0.6) is 0 Å². The quantitative estimate of drug-likeness (QED) is 0.545. The summed E-state index contributed by atoms with van der Waals surface area (Å²) < 4.78 is 5.86. The molecule has 0 aliphatic heterocycles. The minimum atomic E-state index is -0.545. The first-order chi connectivity index (χ1) is 7.84. The van der Waals surface area contributed by atoms with Crippen LogP contribution in [0.4, 0.5) is 0 Å². The summed E-state index contributed by atoms with van der Waals surface area (Å²) in [5, 5.41) is 0. The maximum absolute atomic E-state index is 5.86. The standard InChI is InChI=1S/C15H27OSi/c1-7-13-9-8-12(11-16-17(5)6)10-14(13)15(2,3)4/h1,12-14H,8-11H2,2-6H3. The monoisotopic (exact) mass is 251 g/mol. The Labute approximate surface area is 109 Å². The van der Waals surface area contributed by atoms with E-state index in [2.05, 4.69) is 39.8 Å². The van der Waals surface area contributed by atoms with E-state index in [4.69, 9.17) is 10.8 Å². The van der Waals surface area contributed by atoms with Crippen LogP contribution in [0.1, 0.15) is 40.0 Å². The molecule has 1 rings (SSSR count). The number of terminal acetylenes is 1. The molecule has 0 saturated heterocycles. The van der Waals surface area contributed by atoms with E-state index in [9.17, 15) is 0 Å². The van der Waals surface area contributed by atoms with E-state index < -0.39 is 9.04 Å². The van der Waals surface area contributed by atoms with Gasteiger partial charge in [0, 0.05) is 12.5 Å². The molecular formula is C15H27OSi. The molecule has 3 atom stereocenters. The van der Waals surface area contributed by atoms with Crippen LogP contribution in [0.2, 0.25) is 13.1 Å². The lowest BCUT2D eigenvalue weighted by molar-refractivity contribution is 0.0818.